The highest BCUT2D eigenvalue weighted by Gasteiger charge is 2.12. The Bertz CT molecular complexity index is 517. The van der Waals surface area contributed by atoms with Crippen LogP contribution in [0.4, 0.5) is 0 Å². The van der Waals surface area contributed by atoms with Crippen LogP contribution in [0.25, 0.3) is 0 Å². The van der Waals surface area contributed by atoms with Crippen molar-refractivity contribution in [3.8, 4) is 0 Å². The molecule has 0 aliphatic rings. The van der Waals surface area contributed by atoms with Gasteiger partial charge in [0.1, 0.15) is 0 Å². The van der Waals surface area contributed by atoms with Crippen molar-refractivity contribution in [2.24, 2.45) is 0 Å². The van der Waals surface area contributed by atoms with E-state index in [1.54, 1.807) is 11.3 Å². The minimum absolute atomic E-state index is 0.0573. The average molecular weight is 347 g/mol. The molecule has 96 valence electrons. The molecular weight excluding hydrogens is 334 g/mol. The van der Waals surface area contributed by atoms with Gasteiger partial charge in [0, 0.05) is 15.9 Å². The maximum atomic E-state index is 9.48. The maximum Gasteiger partial charge on any atom is 0.0931 e. The summed E-state index contributed by atoms with van der Waals surface area (Å²) < 4.78 is 1.79. The van der Waals surface area contributed by atoms with E-state index in [1.807, 2.05) is 36.4 Å². The van der Waals surface area contributed by atoms with E-state index in [0.29, 0.717) is 6.54 Å². The van der Waals surface area contributed by atoms with Gasteiger partial charge in [-0.3, -0.25) is 0 Å². The predicted molar refractivity (Wildman–Crippen MR) is 80.1 cm³/mol. The van der Waals surface area contributed by atoms with E-state index < -0.39 is 0 Å². The van der Waals surface area contributed by atoms with Crippen molar-refractivity contribution in [1.82, 2.24) is 5.32 Å². The quantitative estimate of drug-likeness (QED) is 0.858. The summed E-state index contributed by atoms with van der Waals surface area (Å²) in [5, 5.41) is 12.8. The van der Waals surface area contributed by atoms with Gasteiger partial charge >= 0.3 is 0 Å². The molecule has 2 aromatic rings. The van der Waals surface area contributed by atoms with E-state index in [-0.39, 0.29) is 12.6 Å². The number of aliphatic hydroxyl groups excluding tert-OH is 1. The van der Waals surface area contributed by atoms with E-state index in [9.17, 15) is 5.11 Å². The molecule has 0 fully saturated rings. The Morgan fingerprint density at radius 1 is 1.28 bits per heavy atom. The van der Waals surface area contributed by atoms with Gasteiger partial charge in [0.15, 0.2) is 0 Å². The smallest absolute Gasteiger partial charge is 0.0931 e. The molecule has 5 heteroatoms. The molecule has 0 radical (unpaired) electrons. The molecule has 0 spiro atoms. The number of nitrogens with one attached hydrogen (secondary N) is 1. The van der Waals surface area contributed by atoms with Crippen LogP contribution in [0.3, 0.4) is 0 Å². The maximum absolute atomic E-state index is 9.48. The summed E-state index contributed by atoms with van der Waals surface area (Å²) in [6, 6.07) is 11.7. The van der Waals surface area contributed by atoms with Gasteiger partial charge in [0.05, 0.1) is 17.0 Å². The second-order valence-corrected chi connectivity index (χ2v) is 6.50. The summed E-state index contributed by atoms with van der Waals surface area (Å²) >= 11 is 10.9. The van der Waals surface area contributed by atoms with Crippen LogP contribution in [0.15, 0.2) is 40.9 Å². The Morgan fingerprint density at radius 3 is 2.67 bits per heavy atom. The molecule has 18 heavy (non-hydrogen) atoms. The van der Waals surface area contributed by atoms with Crippen LogP contribution in [-0.4, -0.2) is 11.7 Å². The third-order valence-electron chi connectivity index (χ3n) is 2.61. The van der Waals surface area contributed by atoms with Crippen LogP contribution in [0, 0.1) is 0 Å². The van der Waals surface area contributed by atoms with Crippen LogP contribution in [0.2, 0.25) is 4.34 Å². The molecule has 0 saturated carbocycles. The Hall–Kier alpha value is -0.390. The topological polar surface area (TPSA) is 32.3 Å². The monoisotopic (exact) mass is 345 g/mol. The second-order valence-electron chi connectivity index (χ2n) is 3.84. The molecule has 1 atom stereocenters. The van der Waals surface area contributed by atoms with Crippen molar-refractivity contribution in [3.63, 3.8) is 0 Å². The molecular formula is C13H13BrClNOS. The molecule has 0 aliphatic heterocycles. The van der Waals surface area contributed by atoms with Gasteiger partial charge in [-0.2, -0.15) is 0 Å². The Kier molecular flexibility index (Phi) is 5.21. The number of benzene rings is 1. The van der Waals surface area contributed by atoms with Crippen molar-refractivity contribution in [1.29, 1.82) is 0 Å². The summed E-state index contributed by atoms with van der Waals surface area (Å²) in [6.07, 6.45) is 0. The Labute approximate surface area is 124 Å². The van der Waals surface area contributed by atoms with Crippen molar-refractivity contribution < 1.29 is 5.11 Å². The molecule has 1 aromatic carbocycles. The Morgan fingerprint density at radius 2 is 2.06 bits per heavy atom. The van der Waals surface area contributed by atoms with Crippen LogP contribution in [0.1, 0.15) is 16.5 Å². The summed E-state index contributed by atoms with van der Waals surface area (Å²) in [5.74, 6) is 0. The summed E-state index contributed by atoms with van der Waals surface area (Å²) in [6.45, 7) is 0.756. The lowest BCUT2D eigenvalue weighted by Crippen LogP contribution is -2.23. The first-order valence-corrected chi connectivity index (χ1v) is 7.52. The number of hydrogen-bond donors (Lipinski definition) is 2. The third-order valence-corrected chi connectivity index (χ3v) is 4.57. The normalized spacial score (nSPS) is 12.6. The Balaban J connectivity index is 2.04. The number of halogens is 2. The second kappa shape index (κ2) is 6.68. The van der Waals surface area contributed by atoms with E-state index in [2.05, 4.69) is 21.2 Å². The van der Waals surface area contributed by atoms with Crippen molar-refractivity contribution >= 4 is 38.9 Å². The summed E-state index contributed by atoms with van der Waals surface area (Å²) in [5.41, 5.74) is 1.06. The zero-order valence-corrected chi connectivity index (χ0v) is 12.7. The standard InChI is InChI=1S/C13H13BrClNOS/c14-11-4-2-1-3-10(11)12(8-17)16-7-9-5-6-13(15)18-9/h1-6,12,16-17H,7-8H2/t12-/m1/s1. The molecule has 2 nitrogen and oxygen atoms in total. The van der Waals surface area contributed by atoms with E-state index in [1.165, 1.54) is 0 Å². The fraction of sp³-hybridized carbons (Fsp3) is 0.231. The van der Waals surface area contributed by atoms with Gasteiger partial charge in [-0.25, -0.2) is 0 Å². The first kappa shape index (κ1) is 14.0. The number of thiophene rings is 1. The molecule has 0 amide bonds. The molecule has 1 aromatic heterocycles. The highest BCUT2D eigenvalue weighted by Crippen LogP contribution is 2.25. The lowest BCUT2D eigenvalue weighted by molar-refractivity contribution is 0.243. The zero-order valence-electron chi connectivity index (χ0n) is 9.57. The van der Waals surface area contributed by atoms with Crippen LogP contribution in [-0.2, 0) is 6.54 Å². The van der Waals surface area contributed by atoms with Gasteiger partial charge in [-0.15, -0.1) is 11.3 Å². The fourth-order valence-corrected chi connectivity index (χ4v) is 3.30. The van der Waals surface area contributed by atoms with E-state index in [0.717, 1.165) is 19.2 Å². The van der Waals surface area contributed by atoms with E-state index in [4.69, 9.17) is 11.6 Å². The van der Waals surface area contributed by atoms with Gasteiger partial charge in [0.25, 0.3) is 0 Å². The van der Waals surface area contributed by atoms with Gasteiger partial charge in [0.2, 0.25) is 0 Å². The first-order valence-electron chi connectivity index (χ1n) is 5.53. The summed E-state index contributed by atoms with van der Waals surface area (Å²) in [4.78, 5) is 1.16. The number of hydrogen-bond acceptors (Lipinski definition) is 3. The lowest BCUT2D eigenvalue weighted by atomic mass is 10.1. The number of aliphatic hydroxyl groups is 1. The fourth-order valence-electron chi connectivity index (χ4n) is 1.70. The highest BCUT2D eigenvalue weighted by molar-refractivity contribution is 9.10. The van der Waals surface area contributed by atoms with Crippen molar-refractivity contribution in [2.45, 2.75) is 12.6 Å². The molecule has 0 aliphatic carbocycles. The van der Waals surface area contributed by atoms with Crippen molar-refractivity contribution in [3.05, 3.63) is 55.6 Å². The van der Waals surface area contributed by atoms with Gasteiger partial charge in [-0.1, -0.05) is 45.7 Å². The zero-order chi connectivity index (χ0) is 13.0. The molecule has 2 rings (SSSR count). The average Bonchev–Trinajstić information content (AvgIpc) is 2.78. The van der Waals surface area contributed by atoms with Crippen LogP contribution >= 0.6 is 38.9 Å². The van der Waals surface area contributed by atoms with Crippen LogP contribution < -0.4 is 5.32 Å². The van der Waals surface area contributed by atoms with Gasteiger partial charge in [-0.05, 0) is 23.8 Å². The predicted octanol–water partition coefficient (Wildman–Crippen LogP) is 3.99. The lowest BCUT2D eigenvalue weighted by Gasteiger charge is -2.17. The molecule has 0 saturated heterocycles. The SMILES string of the molecule is OC[C@@H](NCc1ccc(Cl)s1)c1ccccc1Br. The minimum Gasteiger partial charge on any atom is -0.394 e. The first-order chi connectivity index (χ1) is 8.70. The largest absolute Gasteiger partial charge is 0.394 e. The molecule has 0 unspecified atom stereocenters. The molecule has 0 bridgehead atoms. The van der Waals surface area contributed by atoms with E-state index >= 15 is 0 Å². The van der Waals surface area contributed by atoms with Gasteiger partial charge < -0.3 is 10.4 Å². The summed E-state index contributed by atoms with van der Waals surface area (Å²) in [7, 11) is 0. The molecule has 2 N–H and O–H groups in total. The highest BCUT2D eigenvalue weighted by atomic mass is 79.9. The third kappa shape index (κ3) is 3.56. The molecule has 1 heterocycles. The van der Waals surface area contributed by atoms with Crippen molar-refractivity contribution in [2.75, 3.05) is 6.61 Å². The van der Waals surface area contributed by atoms with Crippen LogP contribution in [0.5, 0.6) is 0 Å². The minimum atomic E-state index is -0.0820. The number of rotatable bonds is 5.